The van der Waals surface area contributed by atoms with Crippen LogP contribution in [0.15, 0.2) is 109 Å². The zero-order valence-corrected chi connectivity index (χ0v) is 22.9. The molecule has 0 spiro atoms. The molecule has 0 radical (unpaired) electrons. The molecule has 0 fully saturated rings. The maximum Gasteiger partial charge on any atom is 0.258 e. The number of nitrogens with one attached hydrogen (secondary N) is 4. The molecule has 0 aliphatic heterocycles. The molecule has 0 unspecified atom stereocenters. The van der Waals surface area contributed by atoms with Gasteiger partial charge in [-0.2, -0.15) is 0 Å². The maximum atomic E-state index is 14.1. The fraction of sp³-hybridized carbons (Fsp3) is 0. The van der Waals surface area contributed by atoms with Crippen molar-refractivity contribution in [3.63, 3.8) is 0 Å². The van der Waals surface area contributed by atoms with Crippen LogP contribution in [0.4, 0.5) is 20.2 Å². The fourth-order valence-electron chi connectivity index (χ4n) is 5.01. The molecule has 2 heterocycles. The normalized spacial score (nSPS) is 11.1. The largest absolute Gasteiger partial charge is 0.338 e. The lowest BCUT2D eigenvalue weighted by molar-refractivity contribution is 0.101. The molecule has 214 valence electrons. The zero-order valence-electron chi connectivity index (χ0n) is 22.9. The summed E-state index contributed by atoms with van der Waals surface area (Å²) in [6.07, 6.45) is 0. The summed E-state index contributed by atoms with van der Waals surface area (Å²) in [4.78, 5) is 41.3. The number of carbonyl (C=O) groups excluding carboxylic acids is 2. The van der Waals surface area contributed by atoms with E-state index in [1.165, 1.54) is 36.4 Å². The van der Waals surface area contributed by atoms with Gasteiger partial charge in [0.2, 0.25) is 0 Å². The predicted octanol–water partition coefficient (Wildman–Crippen LogP) is 7.56. The molecule has 8 nitrogen and oxygen atoms in total. The van der Waals surface area contributed by atoms with Gasteiger partial charge >= 0.3 is 0 Å². The topological polar surface area (TPSA) is 116 Å². The summed E-state index contributed by atoms with van der Waals surface area (Å²) >= 11 is 0. The lowest BCUT2D eigenvalue weighted by atomic mass is 10.1. The summed E-state index contributed by atoms with van der Waals surface area (Å²) in [5, 5.41) is 5.47. The molecule has 2 amide bonds. The molecule has 0 atom stereocenters. The van der Waals surface area contributed by atoms with Crippen molar-refractivity contribution in [1.82, 2.24) is 19.9 Å². The Hall–Kier alpha value is -6.16. The predicted molar refractivity (Wildman–Crippen MR) is 165 cm³/mol. The molecule has 44 heavy (non-hydrogen) atoms. The summed E-state index contributed by atoms with van der Waals surface area (Å²) in [7, 11) is 0. The van der Waals surface area contributed by atoms with Crippen molar-refractivity contribution in [2.75, 3.05) is 10.6 Å². The van der Waals surface area contributed by atoms with E-state index in [2.05, 4.69) is 20.6 Å². The van der Waals surface area contributed by atoms with E-state index in [0.717, 1.165) is 11.1 Å². The van der Waals surface area contributed by atoms with Gasteiger partial charge in [0, 0.05) is 22.5 Å². The van der Waals surface area contributed by atoms with Gasteiger partial charge in [-0.3, -0.25) is 9.59 Å². The first-order chi connectivity index (χ1) is 21.4. The molecule has 0 aliphatic carbocycles. The van der Waals surface area contributed by atoms with E-state index < -0.39 is 23.4 Å². The fourth-order valence-corrected chi connectivity index (χ4v) is 5.01. The van der Waals surface area contributed by atoms with Crippen molar-refractivity contribution < 1.29 is 18.4 Å². The van der Waals surface area contributed by atoms with Gasteiger partial charge in [-0.1, -0.05) is 48.5 Å². The molecule has 7 rings (SSSR count). The van der Waals surface area contributed by atoms with Crippen LogP contribution < -0.4 is 10.6 Å². The quantitative estimate of drug-likeness (QED) is 0.161. The average Bonchev–Trinajstić information content (AvgIpc) is 3.65. The third-order valence-electron chi connectivity index (χ3n) is 7.15. The van der Waals surface area contributed by atoms with Crippen LogP contribution in [0.25, 0.3) is 44.8 Å². The van der Waals surface area contributed by atoms with E-state index >= 15 is 0 Å². The number of H-pyrrole nitrogens is 2. The molecule has 7 aromatic rings. The number of hydrogen-bond donors (Lipinski definition) is 4. The monoisotopic (exact) mass is 584 g/mol. The van der Waals surface area contributed by atoms with Crippen LogP contribution in [0.1, 0.15) is 20.7 Å². The highest BCUT2D eigenvalue weighted by atomic mass is 19.1. The van der Waals surface area contributed by atoms with Crippen LogP contribution in [0, 0.1) is 11.6 Å². The minimum atomic E-state index is -0.597. The van der Waals surface area contributed by atoms with E-state index in [-0.39, 0.29) is 11.1 Å². The second-order valence-corrected chi connectivity index (χ2v) is 10.0. The smallest absolute Gasteiger partial charge is 0.258 e. The number of aromatic nitrogens is 4. The van der Waals surface area contributed by atoms with Crippen molar-refractivity contribution in [1.29, 1.82) is 0 Å². The Morgan fingerprint density at radius 3 is 1.39 bits per heavy atom. The number of halogens is 2. The number of benzene rings is 5. The molecule has 0 saturated heterocycles. The van der Waals surface area contributed by atoms with Crippen molar-refractivity contribution in [3.8, 4) is 22.8 Å². The Kier molecular flexibility index (Phi) is 6.63. The Labute approximate surface area is 248 Å². The van der Waals surface area contributed by atoms with Crippen LogP contribution >= 0.6 is 0 Å². The van der Waals surface area contributed by atoms with Gasteiger partial charge in [-0.05, 0) is 60.7 Å². The lowest BCUT2D eigenvalue weighted by Gasteiger charge is -2.06. The number of nitrogens with zero attached hydrogens (tertiary/aromatic N) is 2. The van der Waals surface area contributed by atoms with E-state index in [4.69, 9.17) is 9.97 Å². The third kappa shape index (κ3) is 5.05. The highest BCUT2D eigenvalue weighted by Crippen LogP contribution is 2.32. The molecule has 0 aliphatic rings. The highest BCUT2D eigenvalue weighted by Gasteiger charge is 2.17. The molecule has 10 heteroatoms. The molecule has 5 aromatic carbocycles. The first-order valence-corrected chi connectivity index (χ1v) is 13.6. The SMILES string of the molecule is O=C(Nc1ccc2nc(-c3ccccc3-c3nc4ccc(NC(=O)c5ccccc5F)cc4[nH]3)[nH]c2c1)c1ccccc1F. The summed E-state index contributed by atoms with van der Waals surface area (Å²) in [5.74, 6) is -1.11. The van der Waals surface area contributed by atoms with Crippen molar-refractivity contribution in [2.45, 2.75) is 0 Å². The Morgan fingerprint density at radius 1 is 0.545 bits per heavy atom. The molecule has 2 aromatic heterocycles. The van der Waals surface area contributed by atoms with E-state index in [1.54, 1.807) is 48.5 Å². The number of rotatable bonds is 6. The number of carbonyl (C=O) groups is 2. The van der Waals surface area contributed by atoms with Crippen LogP contribution in [0.2, 0.25) is 0 Å². The van der Waals surface area contributed by atoms with Crippen molar-refractivity contribution in [2.24, 2.45) is 0 Å². The zero-order chi connectivity index (χ0) is 30.2. The summed E-state index contributed by atoms with van der Waals surface area (Å²) in [6.45, 7) is 0. The molecule has 0 bridgehead atoms. The number of imidazole rings is 2. The van der Waals surface area contributed by atoms with E-state index in [1.807, 2.05) is 24.3 Å². The highest BCUT2D eigenvalue weighted by molar-refractivity contribution is 6.06. The molecular weight excluding hydrogens is 562 g/mol. The summed E-state index contributed by atoms with van der Waals surface area (Å²) in [5.41, 5.74) is 5.18. The number of anilines is 2. The minimum Gasteiger partial charge on any atom is -0.338 e. The van der Waals surface area contributed by atoms with E-state index in [9.17, 15) is 18.4 Å². The van der Waals surface area contributed by atoms with Crippen molar-refractivity contribution in [3.05, 3.63) is 132 Å². The molecular formula is C34H22F2N6O2. The van der Waals surface area contributed by atoms with Crippen molar-refractivity contribution >= 4 is 45.3 Å². The lowest BCUT2D eigenvalue weighted by Crippen LogP contribution is -2.13. The van der Waals surface area contributed by atoms with Crippen LogP contribution in [0.3, 0.4) is 0 Å². The van der Waals surface area contributed by atoms with Gasteiger partial charge in [-0.25, -0.2) is 18.7 Å². The summed E-state index contributed by atoms with van der Waals surface area (Å²) < 4.78 is 28.1. The van der Waals surface area contributed by atoms with Crippen LogP contribution in [-0.4, -0.2) is 31.8 Å². The van der Waals surface area contributed by atoms with Gasteiger partial charge in [0.1, 0.15) is 23.3 Å². The van der Waals surface area contributed by atoms with Gasteiger partial charge in [0.05, 0.1) is 33.2 Å². The summed E-state index contributed by atoms with van der Waals surface area (Å²) in [6, 6.07) is 29.7. The number of amides is 2. The Balaban J connectivity index is 1.17. The van der Waals surface area contributed by atoms with Gasteiger partial charge in [-0.15, -0.1) is 0 Å². The second-order valence-electron chi connectivity index (χ2n) is 10.0. The Morgan fingerprint density at radius 2 is 0.955 bits per heavy atom. The average molecular weight is 585 g/mol. The number of fused-ring (bicyclic) bond motifs is 2. The molecule has 0 saturated carbocycles. The Bertz CT molecular complexity index is 2060. The van der Waals surface area contributed by atoms with Crippen LogP contribution in [0.5, 0.6) is 0 Å². The second kappa shape index (κ2) is 10.9. The van der Waals surface area contributed by atoms with E-state index in [0.29, 0.717) is 45.1 Å². The van der Waals surface area contributed by atoms with Gasteiger partial charge in [0.15, 0.2) is 0 Å². The number of aromatic amines is 2. The van der Waals surface area contributed by atoms with Gasteiger partial charge < -0.3 is 20.6 Å². The third-order valence-corrected chi connectivity index (χ3v) is 7.15. The minimum absolute atomic E-state index is 0.0442. The molecule has 4 N–H and O–H groups in total. The first-order valence-electron chi connectivity index (χ1n) is 13.6. The standard InChI is InChI=1S/C34H22F2N6O2/c35-25-11-5-3-9-23(25)33(43)37-19-13-15-27-29(17-19)41-31(39-27)21-7-1-2-8-22(21)32-40-28-16-14-20(18-30(28)42-32)38-34(44)24-10-4-6-12-26(24)36/h1-18H,(H,37,43)(H,38,44)(H,39,41)(H,40,42). The number of hydrogen-bond acceptors (Lipinski definition) is 4. The van der Waals surface area contributed by atoms with Crippen LogP contribution in [-0.2, 0) is 0 Å². The maximum absolute atomic E-state index is 14.1. The first kappa shape index (κ1) is 26.7. The van der Waals surface area contributed by atoms with Gasteiger partial charge in [0.25, 0.3) is 11.8 Å².